The minimum Gasteiger partial charge on any atom is -0.456 e. The lowest BCUT2D eigenvalue weighted by molar-refractivity contribution is 0.653. The molecule has 0 spiro atoms. The largest absolute Gasteiger partial charge is 0.456 e. The van der Waals surface area contributed by atoms with Crippen LogP contribution in [0, 0.1) is 0 Å². The summed E-state index contributed by atoms with van der Waals surface area (Å²) in [4.78, 5) is 10.4. The van der Waals surface area contributed by atoms with Gasteiger partial charge in [-0.1, -0.05) is 123 Å². The predicted molar refractivity (Wildman–Crippen MR) is 235 cm³/mol. The Morgan fingerprint density at radius 3 is 2.20 bits per heavy atom. The second-order valence-corrected chi connectivity index (χ2v) is 13.9. The zero-order valence-electron chi connectivity index (χ0n) is 30.8. The first-order chi connectivity index (χ1) is 27.6. The van der Waals surface area contributed by atoms with Crippen LogP contribution in [-0.2, 0) is 0 Å². The molecule has 0 bridgehead atoms. The number of allylic oxidation sites excluding steroid dienone is 6. The summed E-state index contributed by atoms with van der Waals surface area (Å²) in [6.07, 6.45) is 11.9. The molecule has 5 nitrogen and oxygen atoms in total. The minimum atomic E-state index is 0.530. The molecule has 56 heavy (non-hydrogen) atoms. The number of fused-ring (bicyclic) bond motifs is 9. The predicted octanol–water partition coefficient (Wildman–Crippen LogP) is 12.4. The standard InChI is InChI=1S/C51H35N3O2/c1-5-14-35(15-6-2)54-41-27-24-33(29-39(41)46-36(16-7-3)31(4)23-26-42(46)54)34-25-28-44-40(30-34)48-49(32-17-9-8-10-18-32)52-50(53-51(48)56-44)38-20-13-22-45-47(38)37-19-11-12-21-43(37)55-45/h5-30H,1,3-4H2,2H3/b15-6-,35-14+,36-16+. The Morgan fingerprint density at radius 1 is 0.625 bits per heavy atom. The smallest absolute Gasteiger partial charge is 0.231 e. The van der Waals surface area contributed by atoms with E-state index in [4.69, 9.17) is 18.8 Å². The van der Waals surface area contributed by atoms with Crippen LogP contribution in [0.5, 0.6) is 0 Å². The summed E-state index contributed by atoms with van der Waals surface area (Å²) in [7, 11) is 0. The van der Waals surface area contributed by atoms with Crippen molar-refractivity contribution in [3.05, 3.63) is 175 Å². The molecule has 0 saturated carbocycles. The molecule has 10 rings (SSSR count). The van der Waals surface area contributed by atoms with Crippen LogP contribution in [-0.4, -0.2) is 14.5 Å². The first-order valence-corrected chi connectivity index (χ1v) is 18.6. The zero-order valence-corrected chi connectivity index (χ0v) is 30.8. The van der Waals surface area contributed by atoms with Gasteiger partial charge < -0.3 is 13.4 Å². The molecule has 266 valence electrons. The molecule has 6 aromatic carbocycles. The SMILES string of the molecule is C=C/C=c1\c(=C)ccc2c1c1cc(-c3ccc4oc5nc(-c6cccc7oc8ccccc8c67)nc(-c6ccccc6)c5c4c3)ccc1n2C(/C=C\C)=C/C=C. The summed E-state index contributed by atoms with van der Waals surface area (Å²) in [6, 6.07) is 41.6. The zero-order chi connectivity index (χ0) is 37.9. The van der Waals surface area contributed by atoms with Gasteiger partial charge in [-0.3, -0.25) is 0 Å². The van der Waals surface area contributed by atoms with E-state index in [1.54, 1.807) is 0 Å². The fourth-order valence-corrected chi connectivity index (χ4v) is 8.18. The van der Waals surface area contributed by atoms with E-state index < -0.39 is 0 Å². The lowest BCUT2D eigenvalue weighted by Crippen LogP contribution is -2.23. The van der Waals surface area contributed by atoms with Crippen molar-refractivity contribution in [3.63, 3.8) is 0 Å². The van der Waals surface area contributed by atoms with Crippen molar-refractivity contribution in [2.75, 3.05) is 0 Å². The van der Waals surface area contributed by atoms with Gasteiger partial charge in [0, 0.05) is 43.8 Å². The van der Waals surface area contributed by atoms with Gasteiger partial charge in [0.15, 0.2) is 5.82 Å². The maximum absolute atomic E-state index is 6.59. The highest BCUT2D eigenvalue weighted by atomic mass is 16.3. The van der Waals surface area contributed by atoms with Gasteiger partial charge in [0.1, 0.15) is 16.7 Å². The number of rotatable bonds is 7. The number of para-hydroxylation sites is 1. The molecule has 0 aliphatic heterocycles. The van der Waals surface area contributed by atoms with Gasteiger partial charge in [-0.2, -0.15) is 4.98 Å². The maximum atomic E-state index is 6.59. The Balaban J connectivity index is 1.22. The van der Waals surface area contributed by atoms with E-state index in [9.17, 15) is 0 Å². The summed E-state index contributed by atoms with van der Waals surface area (Å²) in [6.45, 7) is 14.4. The van der Waals surface area contributed by atoms with Gasteiger partial charge in [0.05, 0.1) is 22.1 Å². The van der Waals surface area contributed by atoms with Crippen LogP contribution in [0.15, 0.2) is 174 Å². The Bertz CT molecular complexity index is 3430. The van der Waals surface area contributed by atoms with Crippen LogP contribution < -0.4 is 10.4 Å². The van der Waals surface area contributed by atoms with Gasteiger partial charge in [-0.15, -0.1) is 0 Å². The third-order valence-corrected chi connectivity index (χ3v) is 10.6. The van der Waals surface area contributed by atoms with Gasteiger partial charge >= 0.3 is 0 Å². The molecular weight excluding hydrogens is 687 g/mol. The quantitative estimate of drug-likeness (QED) is 0.154. The van der Waals surface area contributed by atoms with Crippen LogP contribution in [0.4, 0.5) is 0 Å². The molecule has 0 unspecified atom stereocenters. The highest BCUT2D eigenvalue weighted by Gasteiger charge is 2.22. The van der Waals surface area contributed by atoms with Crippen molar-refractivity contribution in [3.8, 4) is 33.8 Å². The highest BCUT2D eigenvalue weighted by molar-refractivity contribution is 6.15. The second kappa shape index (κ2) is 13.1. The molecule has 0 saturated heterocycles. The van der Waals surface area contributed by atoms with Crippen LogP contribution in [0.3, 0.4) is 0 Å². The van der Waals surface area contributed by atoms with Crippen LogP contribution >= 0.6 is 0 Å². The summed E-state index contributed by atoms with van der Waals surface area (Å²) >= 11 is 0. The van der Waals surface area contributed by atoms with Crippen molar-refractivity contribution in [2.24, 2.45) is 0 Å². The Kier molecular flexibility index (Phi) is 7.75. The normalized spacial score (nSPS) is 12.7. The molecule has 0 radical (unpaired) electrons. The van der Waals surface area contributed by atoms with Crippen LogP contribution in [0.1, 0.15) is 6.92 Å². The first-order valence-electron chi connectivity index (χ1n) is 18.6. The van der Waals surface area contributed by atoms with E-state index in [2.05, 4.69) is 103 Å². The lowest BCUT2D eigenvalue weighted by Gasteiger charge is -2.09. The molecule has 0 N–H and O–H groups in total. The average Bonchev–Trinajstić information content (AvgIpc) is 3.91. The molecule has 10 aromatic rings. The molecule has 0 amide bonds. The summed E-state index contributed by atoms with van der Waals surface area (Å²) < 4.78 is 15.1. The third kappa shape index (κ3) is 5.09. The van der Waals surface area contributed by atoms with Crippen molar-refractivity contribution in [1.82, 2.24) is 14.5 Å². The molecule has 5 heteroatoms. The Morgan fingerprint density at radius 2 is 1.38 bits per heavy atom. The fraction of sp³-hybridized carbons (Fsp3) is 0.0196. The van der Waals surface area contributed by atoms with Crippen molar-refractivity contribution in [2.45, 2.75) is 6.92 Å². The minimum absolute atomic E-state index is 0.530. The van der Waals surface area contributed by atoms with E-state index in [1.807, 2.05) is 85.8 Å². The number of aromatic nitrogens is 3. The van der Waals surface area contributed by atoms with Crippen LogP contribution in [0.2, 0.25) is 0 Å². The number of hydrogen-bond donors (Lipinski definition) is 0. The third-order valence-electron chi connectivity index (χ3n) is 10.6. The van der Waals surface area contributed by atoms with E-state index in [0.717, 1.165) is 104 Å². The Labute approximate surface area is 322 Å². The molecule has 0 atom stereocenters. The maximum Gasteiger partial charge on any atom is 0.231 e. The fourth-order valence-electron chi connectivity index (χ4n) is 8.18. The average molecular weight is 722 g/mol. The van der Waals surface area contributed by atoms with Crippen molar-refractivity contribution in [1.29, 1.82) is 0 Å². The van der Waals surface area contributed by atoms with E-state index >= 15 is 0 Å². The monoisotopic (exact) mass is 721 g/mol. The number of nitrogens with zero attached hydrogens (tertiary/aromatic N) is 3. The summed E-state index contributed by atoms with van der Waals surface area (Å²) in [5.41, 5.74) is 10.9. The molecular formula is C51H35N3O2. The van der Waals surface area contributed by atoms with Gasteiger partial charge in [0.25, 0.3) is 0 Å². The number of hydrogen-bond acceptors (Lipinski definition) is 4. The van der Waals surface area contributed by atoms with Gasteiger partial charge in [-0.05, 0) is 83.1 Å². The molecule has 0 aliphatic carbocycles. The second-order valence-electron chi connectivity index (χ2n) is 13.9. The van der Waals surface area contributed by atoms with E-state index in [0.29, 0.717) is 11.5 Å². The number of benzene rings is 6. The lowest BCUT2D eigenvalue weighted by atomic mass is 9.99. The molecule has 4 heterocycles. The number of furan rings is 2. The summed E-state index contributed by atoms with van der Waals surface area (Å²) in [5.74, 6) is 0.578. The molecule has 0 aliphatic rings. The molecule has 0 fully saturated rings. The van der Waals surface area contributed by atoms with Crippen molar-refractivity contribution < 1.29 is 8.83 Å². The topological polar surface area (TPSA) is 57.0 Å². The first kappa shape index (κ1) is 33.1. The van der Waals surface area contributed by atoms with Crippen molar-refractivity contribution >= 4 is 84.2 Å². The van der Waals surface area contributed by atoms with E-state index in [-0.39, 0.29) is 0 Å². The van der Waals surface area contributed by atoms with Gasteiger partial charge in [-0.25, -0.2) is 4.98 Å². The van der Waals surface area contributed by atoms with Crippen LogP contribution in [0.25, 0.3) is 118 Å². The molecule has 4 aromatic heterocycles. The summed E-state index contributed by atoms with van der Waals surface area (Å²) in [5, 5.41) is 8.05. The highest BCUT2D eigenvalue weighted by Crippen LogP contribution is 2.41. The Hall–Kier alpha value is -7.50. The van der Waals surface area contributed by atoms with Gasteiger partial charge in [0.2, 0.25) is 5.71 Å². The van der Waals surface area contributed by atoms with E-state index in [1.165, 1.54) is 0 Å².